The molecule has 1 heterocycles. The first-order valence-corrected chi connectivity index (χ1v) is 8.81. The zero-order valence-corrected chi connectivity index (χ0v) is 14.0. The molecule has 2 rings (SSSR count). The van der Waals surface area contributed by atoms with Crippen LogP contribution in [0.1, 0.15) is 71.2 Å². The maximum Gasteiger partial charge on any atom is 0.138 e. The monoisotopic (exact) mass is 292 g/mol. The molecule has 0 radical (unpaired) electrons. The smallest absolute Gasteiger partial charge is 0.138 e. The van der Waals surface area contributed by atoms with Crippen LogP contribution in [0.5, 0.6) is 0 Å². The molecule has 4 nitrogen and oxygen atoms in total. The third-order valence-electron chi connectivity index (χ3n) is 4.73. The Balaban J connectivity index is 2.00. The summed E-state index contributed by atoms with van der Waals surface area (Å²) in [7, 11) is 0. The first-order valence-electron chi connectivity index (χ1n) is 8.81. The van der Waals surface area contributed by atoms with Crippen LogP contribution in [0.15, 0.2) is 6.33 Å². The lowest BCUT2D eigenvalue weighted by atomic mass is 9.85. The Bertz CT molecular complexity index is 399. The zero-order chi connectivity index (χ0) is 15.1. The van der Waals surface area contributed by atoms with Gasteiger partial charge in [-0.15, -0.1) is 0 Å². The summed E-state index contributed by atoms with van der Waals surface area (Å²) in [6, 6.07) is 0.407. The minimum absolute atomic E-state index is 0.407. The van der Waals surface area contributed by atoms with E-state index in [1.165, 1.54) is 50.9 Å². The van der Waals surface area contributed by atoms with Crippen molar-refractivity contribution in [2.75, 3.05) is 13.1 Å². The predicted octanol–water partition coefficient (Wildman–Crippen LogP) is 3.60. The van der Waals surface area contributed by atoms with E-state index in [0.717, 1.165) is 24.8 Å². The van der Waals surface area contributed by atoms with Gasteiger partial charge < -0.3 is 5.32 Å². The Kier molecular flexibility index (Phi) is 6.68. The van der Waals surface area contributed by atoms with Gasteiger partial charge in [-0.25, -0.2) is 9.67 Å². The molecule has 1 aliphatic carbocycles. The quantitative estimate of drug-likeness (QED) is 0.617. The summed E-state index contributed by atoms with van der Waals surface area (Å²) >= 11 is 0. The molecule has 2 atom stereocenters. The molecule has 0 aliphatic heterocycles. The summed E-state index contributed by atoms with van der Waals surface area (Å²) in [6.45, 7) is 8.93. The van der Waals surface area contributed by atoms with Crippen LogP contribution in [0.25, 0.3) is 0 Å². The molecule has 120 valence electrons. The molecule has 0 bridgehead atoms. The third kappa shape index (κ3) is 4.80. The first kappa shape index (κ1) is 16.5. The maximum atomic E-state index is 4.52. The van der Waals surface area contributed by atoms with Crippen molar-refractivity contribution in [1.82, 2.24) is 20.1 Å². The normalized spacial score (nSPS) is 23.4. The molecule has 4 heteroatoms. The Morgan fingerprint density at radius 2 is 2.00 bits per heavy atom. The van der Waals surface area contributed by atoms with Crippen molar-refractivity contribution in [1.29, 1.82) is 0 Å². The third-order valence-corrected chi connectivity index (χ3v) is 4.73. The van der Waals surface area contributed by atoms with Gasteiger partial charge >= 0.3 is 0 Å². The second kappa shape index (κ2) is 8.52. The van der Waals surface area contributed by atoms with Crippen LogP contribution >= 0.6 is 0 Å². The van der Waals surface area contributed by atoms with Crippen molar-refractivity contribution < 1.29 is 0 Å². The lowest BCUT2D eigenvalue weighted by molar-refractivity contribution is 0.288. The highest BCUT2D eigenvalue weighted by Gasteiger charge is 2.25. The second-order valence-electron chi connectivity index (χ2n) is 6.78. The topological polar surface area (TPSA) is 42.7 Å². The zero-order valence-electron chi connectivity index (χ0n) is 14.0. The van der Waals surface area contributed by atoms with Gasteiger partial charge in [0.25, 0.3) is 0 Å². The lowest BCUT2D eigenvalue weighted by Gasteiger charge is -2.25. The van der Waals surface area contributed by atoms with Crippen LogP contribution in [0.4, 0.5) is 0 Å². The fourth-order valence-corrected chi connectivity index (χ4v) is 3.55. The Labute approximate surface area is 129 Å². The fraction of sp³-hybridized carbons (Fsp3) is 0.882. The number of hydrogen-bond donors (Lipinski definition) is 1. The van der Waals surface area contributed by atoms with E-state index >= 15 is 0 Å². The van der Waals surface area contributed by atoms with Gasteiger partial charge in [0, 0.05) is 12.5 Å². The molecule has 1 aromatic heterocycles. The molecule has 0 saturated heterocycles. The largest absolute Gasteiger partial charge is 0.316 e. The number of hydrogen-bond acceptors (Lipinski definition) is 3. The first-order chi connectivity index (χ1) is 10.2. The summed E-state index contributed by atoms with van der Waals surface area (Å²) in [5.41, 5.74) is 0. The SMILES string of the molecule is CCCNCC1CCCCCC1Cc1ncnn1C(C)C. The molecule has 0 aromatic carbocycles. The van der Waals surface area contributed by atoms with E-state index in [0.29, 0.717) is 6.04 Å². The molecule has 0 spiro atoms. The molecule has 0 amide bonds. The lowest BCUT2D eigenvalue weighted by Crippen LogP contribution is -2.30. The summed E-state index contributed by atoms with van der Waals surface area (Å²) in [6.07, 6.45) is 10.9. The molecular weight excluding hydrogens is 260 g/mol. The van der Waals surface area contributed by atoms with Gasteiger partial charge in [0.1, 0.15) is 12.2 Å². The average Bonchev–Trinajstić information content (AvgIpc) is 2.81. The summed E-state index contributed by atoms with van der Waals surface area (Å²) in [4.78, 5) is 4.52. The Hall–Kier alpha value is -0.900. The van der Waals surface area contributed by atoms with Crippen LogP contribution in [-0.4, -0.2) is 27.9 Å². The maximum absolute atomic E-state index is 4.52. The predicted molar refractivity (Wildman–Crippen MR) is 87.3 cm³/mol. The van der Waals surface area contributed by atoms with Crippen molar-refractivity contribution >= 4 is 0 Å². The average molecular weight is 292 g/mol. The number of aromatic nitrogens is 3. The van der Waals surface area contributed by atoms with Crippen molar-refractivity contribution in [2.45, 2.75) is 71.8 Å². The molecule has 1 fully saturated rings. The van der Waals surface area contributed by atoms with E-state index in [1.54, 1.807) is 6.33 Å². The van der Waals surface area contributed by atoms with Crippen LogP contribution in [0.3, 0.4) is 0 Å². The van der Waals surface area contributed by atoms with Crippen molar-refractivity contribution in [3.8, 4) is 0 Å². The van der Waals surface area contributed by atoms with E-state index in [4.69, 9.17) is 0 Å². The van der Waals surface area contributed by atoms with Gasteiger partial charge in [0.15, 0.2) is 0 Å². The highest BCUT2D eigenvalue weighted by atomic mass is 15.3. The van der Waals surface area contributed by atoms with Gasteiger partial charge in [-0.3, -0.25) is 0 Å². The molecule has 21 heavy (non-hydrogen) atoms. The van der Waals surface area contributed by atoms with Crippen molar-refractivity contribution in [2.24, 2.45) is 11.8 Å². The molecule has 1 aromatic rings. The van der Waals surface area contributed by atoms with Crippen molar-refractivity contribution in [3.63, 3.8) is 0 Å². The highest BCUT2D eigenvalue weighted by Crippen LogP contribution is 2.31. The van der Waals surface area contributed by atoms with E-state index < -0.39 is 0 Å². The number of nitrogens with zero attached hydrogens (tertiary/aromatic N) is 3. The summed E-state index contributed by atoms with van der Waals surface area (Å²) < 4.78 is 2.10. The van der Waals surface area contributed by atoms with Gasteiger partial charge in [-0.1, -0.05) is 26.2 Å². The van der Waals surface area contributed by atoms with Gasteiger partial charge in [-0.05, 0) is 58.0 Å². The van der Waals surface area contributed by atoms with Crippen LogP contribution in [0, 0.1) is 11.8 Å². The van der Waals surface area contributed by atoms with E-state index in [1.807, 2.05) is 0 Å². The van der Waals surface area contributed by atoms with E-state index in [-0.39, 0.29) is 0 Å². The second-order valence-corrected chi connectivity index (χ2v) is 6.78. The molecular formula is C17H32N4. The molecule has 2 unspecified atom stereocenters. The standard InChI is InChI=1S/C17H32N4/c1-4-10-18-12-16-9-7-5-6-8-15(16)11-17-19-13-20-21(17)14(2)3/h13-16,18H,4-12H2,1-3H3. The van der Waals surface area contributed by atoms with Crippen LogP contribution < -0.4 is 5.32 Å². The van der Waals surface area contributed by atoms with E-state index in [9.17, 15) is 0 Å². The van der Waals surface area contributed by atoms with Gasteiger partial charge in [0.05, 0.1) is 0 Å². The van der Waals surface area contributed by atoms with E-state index in [2.05, 4.69) is 40.9 Å². The van der Waals surface area contributed by atoms with Gasteiger partial charge in [0.2, 0.25) is 0 Å². The summed E-state index contributed by atoms with van der Waals surface area (Å²) in [5, 5.41) is 8.03. The molecule has 1 N–H and O–H groups in total. The Morgan fingerprint density at radius 1 is 1.24 bits per heavy atom. The number of nitrogens with one attached hydrogen (secondary N) is 1. The van der Waals surface area contributed by atoms with Crippen LogP contribution in [0.2, 0.25) is 0 Å². The Morgan fingerprint density at radius 3 is 2.71 bits per heavy atom. The van der Waals surface area contributed by atoms with Crippen LogP contribution in [-0.2, 0) is 6.42 Å². The highest BCUT2D eigenvalue weighted by molar-refractivity contribution is 4.91. The molecule has 1 saturated carbocycles. The van der Waals surface area contributed by atoms with Gasteiger partial charge in [-0.2, -0.15) is 5.10 Å². The minimum atomic E-state index is 0.407. The summed E-state index contributed by atoms with van der Waals surface area (Å²) in [5.74, 6) is 2.74. The minimum Gasteiger partial charge on any atom is -0.316 e. The fourth-order valence-electron chi connectivity index (χ4n) is 3.55. The number of rotatable bonds is 7. The molecule has 1 aliphatic rings. The van der Waals surface area contributed by atoms with Crippen molar-refractivity contribution in [3.05, 3.63) is 12.2 Å².